The molecule has 0 N–H and O–H groups in total. The second-order valence-electron chi connectivity index (χ2n) is 3.00. The maximum absolute atomic E-state index is 4.62. The number of aromatic nitrogens is 1. The maximum atomic E-state index is 4.62. The van der Waals surface area contributed by atoms with Gasteiger partial charge in [-0.25, -0.2) is 0 Å². The fourth-order valence-corrected chi connectivity index (χ4v) is 3.09. The van der Waals surface area contributed by atoms with E-state index in [1.807, 2.05) is 6.07 Å². The van der Waals surface area contributed by atoms with Gasteiger partial charge in [0.25, 0.3) is 0 Å². The standard InChI is InChI=1S/C11H7NSe/c1-2-4-10-8(3-1)7-9-5-6-13-11(9)12-10/h1-7H. The van der Waals surface area contributed by atoms with E-state index in [-0.39, 0.29) is 0 Å². The van der Waals surface area contributed by atoms with Gasteiger partial charge in [0.05, 0.1) is 0 Å². The second kappa shape index (κ2) is 2.69. The van der Waals surface area contributed by atoms with Crippen LogP contribution in [0.5, 0.6) is 0 Å². The van der Waals surface area contributed by atoms with Crippen LogP contribution in [0.3, 0.4) is 0 Å². The molecule has 0 aliphatic carbocycles. The number of fused-ring (bicyclic) bond motifs is 2. The van der Waals surface area contributed by atoms with Crippen LogP contribution >= 0.6 is 0 Å². The average Bonchev–Trinajstić information content (AvgIpc) is 2.61. The molecule has 3 aromatic rings. The SMILES string of the molecule is c1ccc2nc3[se]ccc3cc2c1. The van der Waals surface area contributed by atoms with Gasteiger partial charge in [-0.1, -0.05) is 0 Å². The third kappa shape index (κ3) is 1.11. The molecule has 0 atom stereocenters. The molecule has 0 amide bonds. The molecule has 1 nitrogen and oxygen atoms in total. The van der Waals surface area contributed by atoms with Crippen molar-refractivity contribution in [3.05, 3.63) is 41.3 Å². The predicted octanol–water partition coefficient (Wildman–Crippen LogP) is 2.45. The minimum atomic E-state index is 0.458. The van der Waals surface area contributed by atoms with Crippen molar-refractivity contribution in [2.24, 2.45) is 0 Å². The van der Waals surface area contributed by atoms with Crippen LogP contribution in [0.25, 0.3) is 20.7 Å². The van der Waals surface area contributed by atoms with E-state index in [0.717, 1.165) is 5.52 Å². The first-order chi connectivity index (χ1) is 6.43. The molecular weight excluding hydrogens is 225 g/mol. The van der Waals surface area contributed by atoms with Gasteiger partial charge in [0.15, 0.2) is 0 Å². The van der Waals surface area contributed by atoms with Crippen LogP contribution < -0.4 is 0 Å². The molecule has 2 heteroatoms. The Kier molecular flexibility index (Phi) is 1.51. The number of para-hydroxylation sites is 1. The van der Waals surface area contributed by atoms with Gasteiger partial charge in [-0.15, -0.1) is 0 Å². The number of pyridine rings is 1. The van der Waals surface area contributed by atoms with Gasteiger partial charge in [0, 0.05) is 0 Å². The summed E-state index contributed by atoms with van der Waals surface area (Å²) >= 11 is 0.458. The molecular formula is C11H7NSe. The number of nitrogens with zero attached hydrogens (tertiary/aromatic N) is 1. The minimum absolute atomic E-state index is 0.458. The first-order valence-electron chi connectivity index (χ1n) is 4.16. The van der Waals surface area contributed by atoms with Crippen molar-refractivity contribution in [1.82, 2.24) is 4.98 Å². The van der Waals surface area contributed by atoms with Crippen LogP contribution in [0.1, 0.15) is 0 Å². The molecule has 0 aliphatic heterocycles. The molecule has 62 valence electrons. The van der Waals surface area contributed by atoms with Gasteiger partial charge >= 0.3 is 81.5 Å². The topological polar surface area (TPSA) is 12.9 Å². The van der Waals surface area contributed by atoms with Crippen molar-refractivity contribution in [2.45, 2.75) is 0 Å². The zero-order valence-corrected chi connectivity index (χ0v) is 8.61. The zero-order valence-electron chi connectivity index (χ0n) is 6.90. The Hall–Kier alpha value is -1.11. The van der Waals surface area contributed by atoms with Crippen LogP contribution in [0.4, 0.5) is 0 Å². The molecule has 0 saturated carbocycles. The molecule has 1 aromatic carbocycles. The Balaban J connectivity index is 2.57. The van der Waals surface area contributed by atoms with Gasteiger partial charge in [-0.2, -0.15) is 0 Å². The fourth-order valence-electron chi connectivity index (χ4n) is 1.50. The summed E-state index contributed by atoms with van der Waals surface area (Å²) in [4.78, 5) is 6.85. The predicted molar refractivity (Wildman–Crippen MR) is 56.2 cm³/mol. The Morgan fingerprint density at radius 1 is 1.00 bits per heavy atom. The van der Waals surface area contributed by atoms with E-state index in [1.165, 1.54) is 15.2 Å². The number of hydrogen-bond donors (Lipinski definition) is 0. The van der Waals surface area contributed by atoms with Crippen molar-refractivity contribution >= 4 is 35.2 Å². The second-order valence-corrected chi connectivity index (χ2v) is 4.87. The quantitative estimate of drug-likeness (QED) is 0.542. The normalized spacial score (nSPS) is 11.1. The van der Waals surface area contributed by atoms with Crippen LogP contribution in [-0.2, 0) is 0 Å². The van der Waals surface area contributed by atoms with Gasteiger partial charge in [-0.3, -0.25) is 0 Å². The Bertz CT molecular complexity index is 519. The van der Waals surface area contributed by atoms with E-state index in [9.17, 15) is 0 Å². The average molecular weight is 232 g/mol. The number of rotatable bonds is 0. The van der Waals surface area contributed by atoms with E-state index in [1.54, 1.807) is 0 Å². The number of benzene rings is 1. The van der Waals surface area contributed by atoms with Gasteiger partial charge in [0.1, 0.15) is 0 Å². The summed E-state index contributed by atoms with van der Waals surface area (Å²) in [6, 6.07) is 12.7. The summed E-state index contributed by atoms with van der Waals surface area (Å²) in [6.45, 7) is 0. The molecule has 0 aliphatic rings. The third-order valence-electron chi connectivity index (χ3n) is 2.14. The van der Waals surface area contributed by atoms with Gasteiger partial charge in [-0.05, 0) is 0 Å². The summed E-state index contributed by atoms with van der Waals surface area (Å²) in [5.74, 6) is 0. The molecule has 0 saturated heterocycles. The molecule has 3 rings (SSSR count). The molecule has 2 heterocycles. The summed E-state index contributed by atoms with van der Waals surface area (Å²) in [5.41, 5.74) is 1.12. The first kappa shape index (κ1) is 7.31. The zero-order chi connectivity index (χ0) is 8.67. The molecule has 13 heavy (non-hydrogen) atoms. The van der Waals surface area contributed by atoms with E-state index in [4.69, 9.17) is 0 Å². The first-order valence-corrected chi connectivity index (χ1v) is 6.01. The molecule has 0 unspecified atom stereocenters. The molecule has 0 bridgehead atoms. The van der Waals surface area contributed by atoms with E-state index in [0.29, 0.717) is 14.5 Å². The molecule has 0 radical (unpaired) electrons. The third-order valence-corrected chi connectivity index (χ3v) is 3.87. The van der Waals surface area contributed by atoms with Crippen molar-refractivity contribution in [3.63, 3.8) is 0 Å². The van der Waals surface area contributed by atoms with Crippen LogP contribution in [0.15, 0.2) is 41.3 Å². The Morgan fingerprint density at radius 3 is 2.92 bits per heavy atom. The summed E-state index contributed by atoms with van der Waals surface area (Å²) in [6.07, 6.45) is 0. The Labute approximate surface area is 81.8 Å². The van der Waals surface area contributed by atoms with Crippen molar-refractivity contribution in [2.75, 3.05) is 0 Å². The van der Waals surface area contributed by atoms with Crippen LogP contribution in [0.2, 0.25) is 0 Å². The monoisotopic (exact) mass is 233 g/mol. The molecule has 0 fully saturated rings. The number of hydrogen-bond acceptors (Lipinski definition) is 1. The van der Waals surface area contributed by atoms with Crippen molar-refractivity contribution in [1.29, 1.82) is 0 Å². The van der Waals surface area contributed by atoms with E-state index in [2.05, 4.69) is 40.3 Å². The fraction of sp³-hybridized carbons (Fsp3) is 0. The molecule has 2 aromatic heterocycles. The van der Waals surface area contributed by atoms with E-state index >= 15 is 0 Å². The summed E-state index contributed by atoms with van der Waals surface area (Å²) < 4.78 is 1.27. The molecule has 0 spiro atoms. The summed E-state index contributed by atoms with van der Waals surface area (Å²) in [5, 5.41) is 2.54. The Morgan fingerprint density at radius 2 is 1.92 bits per heavy atom. The van der Waals surface area contributed by atoms with Crippen LogP contribution in [0, 0.1) is 0 Å². The van der Waals surface area contributed by atoms with E-state index < -0.39 is 0 Å². The van der Waals surface area contributed by atoms with Crippen molar-refractivity contribution in [3.8, 4) is 0 Å². The summed E-state index contributed by atoms with van der Waals surface area (Å²) in [7, 11) is 0. The van der Waals surface area contributed by atoms with Crippen molar-refractivity contribution < 1.29 is 0 Å². The van der Waals surface area contributed by atoms with Gasteiger partial charge in [0.2, 0.25) is 0 Å². The van der Waals surface area contributed by atoms with Gasteiger partial charge < -0.3 is 0 Å². The van der Waals surface area contributed by atoms with Crippen LogP contribution in [-0.4, -0.2) is 19.5 Å².